The number of carbonyl (C=O) groups excluding carboxylic acids is 1. The molecule has 1 amide bonds. The van der Waals surface area contributed by atoms with Crippen LogP contribution in [0.1, 0.15) is 41.1 Å². The van der Waals surface area contributed by atoms with Crippen molar-refractivity contribution in [3.05, 3.63) is 76.0 Å². The number of aromatic nitrogens is 1. The van der Waals surface area contributed by atoms with Crippen LogP contribution < -0.4 is 5.32 Å². The second kappa shape index (κ2) is 9.72. The van der Waals surface area contributed by atoms with Crippen LogP contribution in [-0.2, 0) is 13.1 Å². The number of hydrogen-bond donors (Lipinski definition) is 1. The molecule has 6 heteroatoms. The van der Waals surface area contributed by atoms with Crippen molar-refractivity contribution in [3.8, 4) is 11.3 Å². The molecule has 29 heavy (non-hydrogen) atoms. The van der Waals surface area contributed by atoms with Gasteiger partial charge >= 0.3 is 0 Å². The molecule has 1 aromatic heterocycles. The van der Waals surface area contributed by atoms with Crippen LogP contribution in [0, 0.1) is 6.92 Å². The Hall–Kier alpha value is -2.63. The zero-order valence-corrected chi connectivity index (χ0v) is 17.8. The van der Waals surface area contributed by atoms with Crippen LogP contribution in [0.3, 0.4) is 0 Å². The second-order valence-corrected chi connectivity index (χ2v) is 7.26. The second-order valence-electron chi connectivity index (χ2n) is 6.85. The Kier molecular flexibility index (Phi) is 7.07. The number of amides is 1. The lowest BCUT2D eigenvalue weighted by atomic mass is 10.0. The van der Waals surface area contributed by atoms with Crippen LogP contribution in [0.5, 0.6) is 0 Å². The van der Waals surface area contributed by atoms with E-state index in [1.807, 2.05) is 30.3 Å². The lowest BCUT2D eigenvalue weighted by Gasteiger charge is -2.20. The normalized spacial score (nSPS) is 11.1. The number of aryl methyl sites for hydroxylation is 1. The van der Waals surface area contributed by atoms with E-state index in [1.165, 1.54) is 5.56 Å². The molecular formula is C23H26ClN3O2. The van der Waals surface area contributed by atoms with Crippen molar-refractivity contribution in [2.24, 2.45) is 0 Å². The van der Waals surface area contributed by atoms with Crippen molar-refractivity contribution in [1.82, 2.24) is 15.4 Å². The fourth-order valence-electron chi connectivity index (χ4n) is 3.31. The van der Waals surface area contributed by atoms with Crippen molar-refractivity contribution < 1.29 is 9.32 Å². The van der Waals surface area contributed by atoms with Gasteiger partial charge in [-0.1, -0.05) is 73.1 Å². The third kappa shape index (κ3) is 4.86. The Labute approximate surface area is 176 Å². The van der Waals surface area contributed by atoms with Gasteiger partial charge in [0.25, 0.3) is 5.91 Å². The molecule has 0 aliphatic rings. The number of nitrogens with zero attached hydrogens (tertiary/aromatic N) is 2. The molecule has 0 aliphatic heterocycles. The first kappa shape index (κ1) is 21.1. The standard InChI is InChI=1S/C23H26ClN3O2/c1-4-27(5-2)15-18-11-7-6-10-17(18)14-25-23(28)21-16(3)29-26-22(21)19-12-8-9-13-20(19)24/h6-13H,4-5,14-15H2,1-3H3,(H,25,28). The minimum Gasteiger partial charge on any atom is -0.360 e. The highest BCUT2D eigenvalue weighted by molar-refractivity contribution is 6.33. The zero-order chi connectivity index (χ0) is 20.8. The van der Waals surface area contributed by atoms with E-state index < -0.39 is 0 Å². The number of rotatable bonds is 8. The summed E-state index contributed by atoms with van der Waals surface area (Å²) in [6.45, 7) is 9.30. The van der Waals surface area contributed by atoms with Crippen molar-refractivity contribution in [2.75, 3.05) is 13.1 Å². The predicted molar refractivity (Wildman–Crippen MR) is 116 cm³/mol. The van der Waals surface area contributed by atoms with E-state index in [0.29, 0.717) is 34.1 Å². The molecule has 0 radical (unpaired) electrons. The fourth-order valence-corrected chi connectivity index (χ4v) is 3.54. The van der Waals surface area contributed by atoms with Gasteiger partial charge in [0.1, 0.15) is 17.0 Å². The van der Waals surface area contributed by atoms with Gasteiger partial charge < -0.3 is 9.84 Å². The van der Waals surface area contributed by atoms with Gasteiger partial charge in [-0.3, -0.25) is 9.69 Å². The lowest BCUT2D eigenvalue weighted by molar-refractivity contribution is 0.0949. The molecule has 3 aromatic rings. The number of nitrogens with one attached hydrogen (secondary N) is 1. The van der Waals surface area contributed by atoms with Gasteiger partial charge in [0.15, 0.2) is 0 Å². The first-order valence-electron chi connectivity index (χ1n) is 9.83. The molecule has 0 fully saturated rings. The lowest BCUT2D eigenvalue weighted by Crippen LogP contribution is -2.26. The largest absolute Gasteiger partial charge is 0.360 e. The molecule has 0 unspecified atom stereocenters. The molecule has 3 rings (SSSR count). The molecule has 1 N–H and O–H groups in total. The van der Waals surface area contributed by atoms with Crippen LogP contribution in [0.2, 0.25) is 5.02 Å². The van der Waals surface area contributed by atoms with Crippen molar-refractivity contribution >= 4 is 17.5 Å². The summed E-state index contributed by atoms with van der Waals surface area (Å²) in [5.41, 5.74) is 3.87. The van der Waals surface area contributed by atoms with Gasteiger partial charge in [-0.25, -0.2) is 0 Å². The highest BCUT2D eigenvalue weighted by atomic mass is 35.5. The molecule has 0 spiro atoms. The number of carbonyl (C=O) groups is 1. The molecule has 0 saturated carbocycles. The number of halogens is 1. The predicted octanol–water partition coefficient (Wildman–Crippen LogP) is 5.08. The minimum absolute atomic E-state index is 0.226. The van der Waals surface area contributed by atoms with Gasteiger partial charge in [-0.05, 0) is 37.2 Å². The third-order valence-corrected chi connectivity index (χ3v) is 5.39. The average Bonchev–Trinajstić information content (AvgIpc) is 3.12. The van der Waals surface area contributed by atoms with E-state index in [-0.39, 0.29) is 5.91 Å². The molecule has 1 heterocycles. The number of benzene rings is 2. The maximum Gasteiger partial charge on any atom is 0.257 e. The van der Waals surface area contributed by atoms with E-state index in [2.05, 4.69) is 41.4 Å². The molecule has 0 atom stereocenters. The highest BCUT2D eigenvalue weighted by Gasteiger charge is 2.23. The molecule has 0 bridgehead atoms. The van der Waals surface area contributed by atoms with Crippen molar-refractivity contribution in [2.45, 2.75) is 33.9 Å². The topological polar surface area (TPSA) is 58.4 Å². The zero-order valence-electron chi connectivity index (χ0n) is 17.0. The Morgan fingerprint density at radius 2 is 1.72 bits per heavy atom. The Bertz CT molecular complexity index is 980. The molecule has 0 saturated heterocycles. The van der Waals surface area contributed by atoms with Gasteiger partial charge in [-0.2, -0.15) is 0 Å². The molecule has 2 aromatic carbocycles. The van der Waals surface area contributed by atoms with Gasteiger partial charge in [0.05, 0.1) is 5.02 Å². The van der Waals surface area contributed by atoms with E-state index in [1.54, 1.807) is 13.0 Å². The summed E-state index contributed by atoms with van der Waals surface area (Å²) in [5, 5.41) is 7.62. The van der Waals surface area contributed by atoms with Crippen molar-refractivity contribution in [3.63, 3.8) is 0 Å². The summed E-state index contributed by atoms with van der Waals surface area (Å²) in [7, 11) is 0. The van der Waals surface area contributed by atoms with Crippen LogP contribution in [-0.4, -0.2) is 29.1 Å². The third-order valence-electron chi connectivity index (χ3n) is 5.06. The maximum absolute atomic E-state index is 13.0. The van der Waals surface area contributed by atoms with Crippen LogP contribution in [0.25, 0.3) is 11.3 Å². The quantitative estimate of drug-likeness (QED) is 0.561. The van der Waals surface area contributed by atoms with E-state index in [9.17, 15) is 4.79 Å². The highest BCUT2D eigenvalue weighted by Crippen LogP contribution is 2.31. The summed E-state index contributed by atoms with van der Waals surface area (Å²) in [5.74, 6) is 0.241. The van der Waals surface area contributed by atoms with Crippen molar-refractivity contribution in [1.29, 1.82) is 0 Å². The summed E-state index contributed by atoms with van der Waals surface area (Å²) in [6, 6.07) is 15.5. The Balaban J connectivity index is 1.80. The van der Waals surface area contributed by atoms with Gasteiger partial charge in [0, 0.05) is 18.7 Å². The smallest absolute Gasteiger partial charge is 0.257 e. The first-order chi connectivity index (χ1) is 14.0. The molecule has 0 aliphatic carbocycles. The summed E-state index contributed by atoms with van der Waals surface area (Å²) in [6.07, 6.45) is 0. The van der Waals surface area contributed by atoms with Crippen LogP contribution in [0.4, 0.5) is 0 Å². The van der Waals surface area contributed by atoms with E-state index >= 15 is 0 Å². The first-order valence-corrected chi connectivity index (χ1v) is 10.2. The maximum atomic E-state index is 13.0. The van der Waals surface area contributed by atoms with Crippen LogP contribution in [0.15, 0.2) is 53.1 Å². The van der Waals surface area contributed by atoms with Gasteiger partial charge in [0.2, 0.25) is 0 Å². The molecule has 152 valence electrons. The monoisotopic (exact) mass is 411 g/mol. The SMILES string of the molecule is CCN(CC)Cc1ccccc1CNC(=O)c1c(-c2ccccc2Cl)noc1C. The minimum atomic E-state index is -0.226. The Morgan fingerprint density at radius 3 is 2.41 bits per heavy atom. The fraction of sp³-hybridized carbons (Fsp3) is 0.304. The van der Waals surface area contributed by atoms with E-state index in [0.717, 1.165) is 25.2 Å². The van der Waals surface area contributed by atoms with E-state index in [4.69, 9.17) is 16.1 Å². The number of hydrogen-bond acceptors (Lipinski definition) is 4. The molecular weight excluding hydrogens is 386 g/mol. The molecule has 5 nitrogen and oxygen atoms in total. The summed E-state index contributed by atoms with van der Waals surface area (Å²) in [4.78, 5) is 15.3. The van der Waals surface area contributed by atoms with Gasteiger partial charge in [-0.15, -0.1) is 0 Å². The average molecular weight is 412 g/mol. The summed E-state index contributed by atoms with van der Waals surface area (Å²) >= 11 is 6.30. The van der Waals surface area contributed by atoms with Crippen LogP contribution >= 0.6 is 11.6 Å². The Morgan fingerprint density at radius 1 is 1.07 bits per heavy atom. The summed E-state index contributed by atoms with van der Waals surface area (Å²) < 4.78 is 5.31.